The Hall–Kier alpha value is -4.04. The van der Waals surface area contributed by atoms with Gasteiger partial charge in [0.25, 0.3) is 5.91 Å². The van der Waals surface area contributed by atoms with Crippen molar-refractivity contribution in [2.45, 2.75) is 19.0 Å². The second-order valence-corrected chi connectivity index (χ2v) is 10.1. The number of rotatable bonds is 6. The van der Waals surface area contributed by atoms with Gasteiger partial charge >= 0.3 is 6.18 Å². The number of likely N-dealkylation sites (tertiary alicyclic amines) is 1. The van der Waals surface area contributed by atoms with E-state index in [4.69, 9.17) is 4.74 Å². The number of halogens is 4. The maximum atomic E-state index is 15.4. The first-order valence-electron chi connectivity index (χ1n) is 12.1. The number of carbonyl (C=O) groups is 1. The molecule has 0 spiro atoms. The second-order valence-electron chi connectivity index (χ2n) is 9.11. The Kier molecular flexibility index (Phi) is 6.22. The molecule has 0 radical (unpaired) electrons. The lowest BCUT2D eigenvalue weighted by Crippen LogP contribution is -2.27. The van der Waals surface area contributed by atoms with Crippen molar-refractivity contribution in [3.05, 3.63) is 63.1 Å². The highest BCUT2D eigenvalue weighted by atomic mass is 32.1. The van der Waals surface area contributed by atoms with E-state index >= 15 is 4.39 Å². The molecule has 1 amide bonds. The minimum atomic E-state index is -4.73. The number of fused-ring (bicyclic) bond motifs is 2. The summed E-state index contributed by atoms with van der Waals surface area (Å²) >= 11 is 0.126. The van der Waals surface area contributed by atoms with Crippen LogP contribution in [0, 0.1) is 5.82 Å². The summed E-state index contributed by atoms with van der Waals surface area (Å²) in [5.74, 6) is -1.27. The van der Waals surface area contributed by atoms with Gasteiger partial charge in [0.15, 0.2) is 17.3 Å². The number of nitrogens with one attached hydrogen (secondary N) is 2. The average molecular weight is 561 g/mol. The van der Waals surface area contributed by atoms with Crippen LogP contribution in [0.25, 0.3) is 16.6 Å². The van der Waals surface area contributed by atoms with Gasteiger partial charge in [0, 0.05) is 19.3 Å². The van der Waals surface area contributed by atoms with Crippen LogP contribution in [0.2, 0.25) is 0 Å². The lowest BCUT2D eigenvalue weighted by Gasteiger charge is -2.26. The fraction of sp³-hybridized carbons (Fsp3) is 0.280. The summed E-state index contributed by atoms with van der Waals surface area (Å²) in [6.07, 6.45) is -1.21. The van der Waals surface area contributed by atoms with Gasteiger partial charge in [-0.25, -0.2) is 4.39 Å². The molecule has 0 saturated carbocycles. The number of nitrogens with zero attached hydrogens (tertiary/aromatic N) is 4. The van der Waals surface area contributed by atoms with Crippen molar-refractivity contribution in [1.82, 2.24) is 19.7 Å². The maximum Gasteiger partial charge on any atom is 0.445 e. The summed E-state index contributed by atoms with van der Waals surface area (Å²) in [4.78, 5) is 28.7. The third-order valence-corrected chi connectivity index (χ3v) is 7.48. The molecular formula is C25H20F4N6O3S. The summed E-state index contributed by atoms with van der Waals surface area (Å²) in [5.41, 5.74) is -0.381. The molecule has 202 valence electrons. The molecule has 0 unspecified atom stereocenters. The van der Waals surface area contributed by atoms with E-state index in [1.807, 2.05) is 0 Å². The largest absolute Gasteiger partial charge is 0.451 e. The number of pyridine rings is 1. The van der Waals surface area contributed by atoms with Crippen molar-refractivity contribution in [3.8, 4) is 17.2 Å². The van der Waals surface area contributed by atoms with Crippen LogP contribution in [-0.2, 0) is 6.18 Å². The van der Waals surface area contributed by atoms with E-state index in [1.54, 1.807) is 28.8 Å². The van der Waals surface area contributed by atoms with Gasteiger partial charge in [-0.05, 0) is 44.1 Å². The van der Waals surface area contributed by atoms with Crippen LogP contribution in [0.5, 0.6) is 11.5 Å². The number of anilines is 2. The molecule has 4 aromatic rings. The normalized spacial score (nSPS) is 14.8. The summed E-state index contributed by atoms with van der Waals surface area (Å²) in [5, 5.41) is 9.88. The number of hydrogen-bond acceptors (Lipinski definition) is 8. The Labute approximate surface area is 222 Å². The van der Waals surface area contributed by atoms with E-state index in [0.717, 1.165) is 32.0 Å². The highest BCUT2D eigenvalue weighted by Crippen LogP contribution is 2.45. The Bertz CT molecular complexity index is 1660. The number of carbonyl (C=O) groups excluding carboxylic acids is 1. The Morgan fingerprint density at radius 3 is 2.67 bits per heavy atom. The fourth-order valence-electron chi connectivity index (χ4n) is 4.79. The van der Waals surface area contributed by atoms with Crippen LogP contribution in [0.15, 0.2) is 41.3 Å². The standard InChI is InChI=1S/C25H20F4N6O3S/c26-15-11-13-19-21(18(15)30-7-10-34-8-3-4-9-34)38-17-6-2-1-5-16(17)35(19)12-14(20(13)36)22(37)31-24-33-32-23(39-24)25(27,28)29/h1-2,5-6,11-12,30H,3-4,7-10H2,(H,31,33,37). The van der Waals surface area contributed by atoms with Crippen LogP contribution >= 0.6 is 11.3 Å². The smallest absolute Gasteiger partial charge is 0.445 e. The molecule has 2 aliphatic rings. The predicted octanol–water partition coefficient (Wildman–Crippen LogP) is 4.87. The van der Waals surface area contributed by atoms with Crippen LogP contribution in [-0.4, -0.2) is 51.8 Å². The van der Waals surface area contributed by atoms with Crippen molar-refractivity contribution in [1.29, 1.82) is 0 Å². The first-order chi connectivity index (χ1) is 18.7. The first kappa shape index (κ1) is 25.2. The maximum absolute atomic E-state index is 15.4. The molecule has 0 atom stereocenters. The lowest BCUT2D eigenvalue weighted by molar-refractivity contribution is -0.138. The van der Waals surface area contributed by atoms with Crippen LogP contribution in [0.1, 0.15) is 28.2 Å². The van der Waals surface area contributed by atoms with Gasteiger partial charge in [-0.2, -0.15) is 13.2 Å². The number of amides is 1. The molecule has 0 aliphatic carbocycles. The zero-order valence-electron chi connectivity index (χ0n) is 20.1. The molecule has 4 heterocycles. The van der Waals surface area contributed by atoms with Crippen molar-refractivity contribution in [2.75, 3.05) is 36.8 Å². The van der Waals surface area contributed by atoms with Gasteiger partial charge in [0.1, 0.15) is 16.8 Å². The minimum absolute atomic E-state index is 0.0927. The third kappa shape index (κ3) is 4.59. The molecule has 2 aromatic heterocycles. The monoisotopic (exact) mass is 560 g/mol. The average Bonchev–Trinajstić information content (AvgIpc) is 3.59. The first-order valence-corrected chi connectivity index (χ1v) is 12.9. The summed E-state index contributed by atoms with van der Waals surface area (Å²) < 4.78 is 61.8. The molecule has 1 saturated heterocycles. The molecule has 39 heavy (non-hydrogen) atoms. The Morgan fingerprint density at radius 1 is 1.15 bits per heavy atom. The van der Waals surface area contributed by atoms with Crippen molar-refractivity contribution in [2.24, 2.45) is 0 Å². The van der Waals surface area contributed by atoms with Gasteiger partial charge in [0.2, 0.25) is 15.6 Å². The number of hydrogen-bond donors (Lipinski definition) is 2. The Balaban J connectivity index is 1.42. The Morgan fingerprint density at radius 2 is 1.92 bits per heavy atom. The summed E-state index contributed by atoms with van der Waals surface area (Å²) in [6.45, 7) is 3.13. The second kappa shape index (κ2) is 9.61. The van der Waals surface area contributed by atoms with Crippen LogP contribution < -0.4 is 20.8 Å². The number of aromatic nitrogens is 3. The molecular weight excluding hydrogens is 540 g/mol. The minimum Gasteiger partial charge on any atom is -0.451 e. The highest BCUT2D eigenvalue weighted by Gasteiger charge is 2.36. The number of alkyl halides is 3. The highest BCUT2D eigenvalue weighted by molar-refractivity contribution is 7.15. The van der Waals surface area contributed by atoms with Crippen LogP contribution in [0.3, 0.4) is 0 Å². The lowest BCUT2D eigenvalue weighted by atomic mass is 10.1. The van der Waals surface area contributed by atoms with Crippen molar-refractivity contribution in [3.63, 3.8) is 0 Å². The van der Waals surface area contributed by atoms with E-state index < -0.39 is 39.0 Å². The number of para-hydroxylation sites is 2. The molecule has 9 nitrogen and oxygen atoms in total. The third-order valence-electron chi connectivity index (χ3n) is 6.59. The predicted molar refractivity (Wildman–Crippen MR) is 137 cm³/mol. The SMILES string of the molecule is O=C(Nc1nnc(C(F)(F)F)s1)c1cn2c3c(c(NCCN4CCCC4)c(F)cc3c1=O)Oc1ccccc1-2. The van der Waals surface area contributed by atoms with Gasteiger partial charge in [-0.3, -0.25) is 14.9 Å². The van der Waals surface area contributed by atoms with E-state index in [1.165, 1.54) is 6.20 Å². The van der Waals surface area contributed by atoms with Crippen molar-refractivity contribution >= 4 is 39.0 Å². The summed E-state index contributed by atoms with van der Waals surface area (Å²) in [6, 6.07) is 7.87. The van der Waals surface area contributed by atoms with E-state index in [9.17, 15) is 22.8 Å². The molecule has 14 heteroatoms. The number of ether oxygens (including phenoxy) is 1. The topological polar surface area (TPSA) is 101 Å². The van der Waals surface area contributed by atoms with Gasteiger partial charge < -0.3 is 19.5 Å². The molecule has 6 rings (SSSR count). The van der Waals surface area contributed by atoms with Gasteiger partial charge in [0.05, 0.1) is 11.1 Å². The zero-order valence-corrected chi connectivity index (χ0v) is 21.0. The van der Waals surface area contributed by atoms with Crippen molar-refractivity contribution < 1.29 is 27.1 Å². The molecule has 2 N–H and O–H groups in total. The van der Waals surface area contributed by atoms with E-state index in [-0.39, 0.29) is 33.7 Å². The summed E-state index contributed by atoms with van der Waals surface area (Å²) in [7, 11) is 0. The van der Waals surface area contributed by atoms with Crippen LogP contribution in [0.4, 0.5) is 28.4 Å². The van der Waals surface area contributed by atoms with E-state index in [2.05, 4.69) is 25.7 Å². The molecule has 2 aromatic carbocycles. The quantitative estimate of drug-likeness (QED) is 0.286. The number of benzene rings is 2. The molecule has 2 aliphatic heterocycles. The van der Waals surface area contributed by atoms with E-state index in [0.29, 0.717) is 24.5 Å². The molecule has 1 fully saturated rings. The van der Waals surface area contributed by atoms with Gasteiger partial charge in [-0.15, -0.1) is 10.2 Å². The van der Waals surface area contributed by atoms with Gasteiger partial charge in [-0.1, -0.05) is 23.5 Å². The fourth-order valence-corrected chi connectivity index (χ4v) is 5.40. The molecule has 0 bridgehead atoms. The zero-order chi connectivity index (χ0) is 27.3.